The van der Waals surface area contributed by atoms with Gasteiger partial charge in [0.25, 0.3) is 5.78 Å². The van der Waals surface area contributed by atoms with Crippen molar-refractivity contribution < 1.29 is 0 Å². The van der Waals surface area contributed by atoms with Gasteiger partial charge in [-0.2, -0.15) is 10.1 Å². The van der Waals surface area contributed by atoms with Crippen LogP contribution in [0.2, 0.25) is 0 Å². The molecule has 0 bridgehead atoms. The van der Waals surface area contributed by atoms with Gasteiger partial charge < -0.3 is 5.32 Å². The number of hydrogen-bond acceptors (Lipinski definition) is 4. The van der Waals surface area contributed by atoms with E-state index in [0.717, 1.165) is 18.8 Å². The summed E-state index contributed by atoms with van der Waals surface area (Å²) in [5.74, 6) is 1.24. The molecule has 1 aliphatic rings. The highest BCUT2D eigenvalue weighted by Crippen LogP contribution is 2.22. The molecule has 1 saturated heterocycles. The van der Waals surface area contributed by atoms with Crippen molar-refractivity contribution in [3.63, 3.8) is 0 Å². The van der Waals surface area contributed by atoms with Crippen LogP contribution < -0.4 is 5.32 Å². The first-order chi connectivity index (χ1) is 7.34. The zero-order valence-corrected chi connectivity index (χ0v) is 8.64. The third-order valence-electron chi connectivity index (χ3n) is 2.89. The van der Waals surface area contributed by atoms with Crippen LogP contribution in [0.3, 0.4) is 0 Å². The second kappa shape index (κ2) is 3.27. The van der Waals surface area contributed by atoms with Crippen molar-refractivity contribution in [2.24, 2.45) is 0 Å². The highest BCUT2D eigenvalue weighted by atomic mass is 15.3. The summed E-state index contributed by atoms with van der Waals surface area (Å²) in [6.45, 7) is 4.11. The summed E-state index contributed by atoms with van der Waals surface area (Å²) in [5.41, 5.74) is 2.23. The van der Waals surface area contributed by atoms with E-state index >= 15 is 0 Å². The summed E-state index contributed by atoms with van der Waals surface area (Å²) in [6, 6.07) is 2.11. The maximum atomic E-state index is 4.34. The van der Waals surface area contributed by atoms with Crippen LogP contribution in [0.25, 0.3) is 5.78 Å². The van der Waals surface area contributed by atoms with Crippen molar-refractivity contribution in [3.05, 3.63) is 23.8 Å². The van der Waals surface area contributed by atoms with Gasteiger partial charge in [-0.05, 0) is 26.0 Å². The second-order valence-corrected chi connectivity index (χ2v) is 3.98. The van der Waals surface area contributed by atoms with Gasteiger partial charge in [0.05, 0.1) is 5.69 Å². The van der Waals surface area contributed by atoms with Gasteiger partial charge in [-0.1, -0.05) is 0 Å². The predicted molar refractivity (Wildman–Crippen MR) is 55.7 cm³/mol. The SMILES string of the molecule is Cc1cc(C2CCNC2)n2ncnc2n1. The van der Waals surface area contributed by atoms with Crippen LogP contribution in [0.4, 0.5) is 0 Å². The smallest absolute Gasteiger partial charge is 0.252 e. The lowest BCUT2D eigenvalue weighted by Gasteiger charge is -2.10. The molecule has 3 heterocycles. The molecule has 2 aromatic heterocycles. The molecule has 1 fully saturated rings. The molecular weight excluding hydrogens is 190 g/mol. The molecular formula is C10H13N5. The van der Waals surface area contributed by atoms with E-state index in [9.17, 15) is 0 Å². The third-order valence-corrected chi connectivity index (χ3v) is 2.89. The van der Waals surface area contributed by atoms with Crippen LogP contribution in [0.5, 0.6) is 0 Å². The molecule has 0 amide bonds. The van der Waals surface area contributed by atoms with Crippen molar-refractivity contribution in [3.8, 4) is 0 Å². The Bertz CT molecular complexity index is 484. The van der Waals surface area contributed by atoms with Gasteiger partial charge >= 0.3 is 0 Å². The monoisotopic (exact) mass is 203 g/mol. The first kappa shape index (κ1) is 8.79. The summed E-state index contributed by atoms with van der Waals surface area (Å²) < 4.78 is 1.85. The Labute approximate surface area is 87.5 Å². The van der Waals surface area contributed by atoms with Gasteiger partial charge in [0.1, 0.15) is 6.33 Å². The van der Waals surface area contributed by atoms with E-state index in [2.05, 4.69) is 26.4 Å². The molecule has 1 unspecified atom stereocenters. The molecule has 1 aliphatic heterocycles. The van der Waals surface area contributed by atoms with E-state index < -0.39 is 0 Å². The zero-order chi connectivity index (χ0) is 10.3. The van der Waals surface area contributed by atoms with Crippen molar-refractivity contribution in [1.29, 1.82) is 0 Å². The normalized spacial score (nSPS) is 21.3. The van der Waals surface area contributed by atoms with E-state index in [0.29, 0.717) is 11.7 Å². The third kappa shape index (κ3) is 1.39. The van der Waals surface area contributed by atoms with Gasteiger partial charge in [-0.25, -0.2) is 9.50 Å². The Hall–Kier alpha value is -1.49. The molecule has 2 aromatic rings. The molecule has 0 aliphatic carbocycles. The van der Waals surface area contributed by atoms with Crippen LogP contribution in [0.1, 0.15) is 23.7 Å². The van der Waals surface area contributed by atoms with E-state index in [1.807, 2.05) is 11.4 Å². The first-order valence-corrected chi connectivity index (χ1v) is 5.22. The second-order valence-electron chi connectivity index (χ2n) is 3.98. The molecule has 5 heteroatoms. The molecule has 0 saturated carbocycles. The van der Waals surface area contributed by atoms with Crippen LogP contribution in [-0.2, 0) is 0 Å². The maximum absolute atomic E-state index is 4.34. The zero-order valence-electron chi connectivity index (χ0n) is 8.64. The average Bonchev–Trinajstić information content (AvgIpc) is 2.86. The van der Waals surface area contributed by atoms with E-state index in [4.69, 9.17) is 0 Å². The Balaban J connectivity index is 2.18. The Morgan fingerprint density at radius 3 is 3.27 bits per heavy atom. The van der Waals surface area contributed by atoms with Gasteiger partial charge in [0.15, 0.2) is 0 Å². The molecule has 1 N–H and O–H groups in total. The molecule has 78 valence electrons. The highest BCUT2D eigenvalue weighted by Gasteiger charge is 2.20. The van der Waals surface area contributed by atoms with Crippen molar-refractivity contribution >= 4 is 5.78 Å². The minimum atomic E-state index is 0.538. The predicted octanol–water partition coefficient (Wildman–Crippen LogP) is 0.510. The van der Waals surface area contributed by atoms with Gasteiger partial charge in [0, 0.05) is 18.2 Å². The van der Waals surface area contributed by atoms with Gasteiger partial charge in [-0.15, -0.1) is 0 Å². The van der Waals surface area contributed by atoms with E-state index in [1.54, 1.807) is 6.33 Å². The highest BCUT2D eigenvalue weighted by molar-refractivity contribution is 5.31. The summed E-state index contributed by atoms with van der Waals surface area (Å²) in [6.07, 6.45) is 2.73. The molecule has 1 atom stereocenters. The number of fused-ring (bicyclic) bond motifs is 1. The van der Waals surface area contributed by atoms with Crippen molar-refractivity contribution in [2.45, 2.75) is 19.3 Å². The quantitative estimate of drug-likeness (QED) is 0.733. The number of hydrogen-bond donors (Lipinski definition) is 1. The molecule has 15 heavy (non-hydrogen) atoms. The minimum absolute atomic E-state index is 0.538. The summed E-state index contributed by atoms with van der Waals surface area (Å²) >= 11 is 0. The Morgan fingerprint density at radius 2 is 2.47 bits per heavy atom. The molecule has 3 rings (SSSR count). The van der Waals surface area contributed by atoms with Crippen molar-refractivity contribution in [1.82, 2.24) is 24.9 Å². The topological polar surface area (TPSA) is 55.1 Å². The first-order valence-electron chi connectivity index (χ1n) is 5.22. The van der Waals surface area contributed by atoms with E-state index in [1.165, 1.54) is 12.1 Å². The standard InChI is InChI=1S/C10H13N5/c1-7-4-9(8-2-3-11-5-8)15-10(14-7)12-6-13-15/h4,6,8,11H,2-3,5H2,1H3. The van der Waals surface area contributed by atoms with E-state index in [-0.39, 0.29) is 0 Å². The molecule has 5 nitrogen and oxygen atoms in total. The number of rotatable bonds is 1. The fourth-order valence-electron chi connectivity index (χ4n) is 2.16. The molecule has 0 radical (unpaired) electrons. The summed E-state index contributed by atoms with van der Waals surface area (Å²) in [4.78, 5) is 8.47. The number of nitrogens with zero attached hydrogens (tertiary/aromatic N) is 4. The minimum Gasteiger partial charge on any atom is -0.316 e. The number of nitrogens with one attached hydrogen (secondary N) is 1. The van der Waals surface area contributed by atoms with Gasteiger partial charge in [0.2, 0.25) is 0 Å². The maximum Gasteiger partial charge on any atom is 0.252 e. The lowest BCUT2D eigenvalue weighted by molar-refractivity contribution is 0.688. The van der Waals surface area contributed by atoms with Crippen LogP contribution >= 0.6 is 0 Å². The average molecular weight is 203 g/mol. The van der Waals surface area contributed by atoms with Crippen LogP contribution in [-0.4, -0.2) is 32.7 Å². The number of aryl methyl sites for hydroxylation is 1. The molecule has 0 spiro atoms. The van der Waals surface area contributed by atoms with Crippen LogP contribution in [0.15, 0.2) is 12.4 Å². The lowest BCUT2D eigenvalue weighted by Crippen LogP contribution is -2.12. The summed E-state index contributed by atoms with van der Waals surface area (Å²) in [5, 5.41) is 7.58. The van der Waals surface area contributed by atoms with Gasteiger partial charge in [-0.3, -0.25) is 0 Å². The van der Waals surface area contributed by atoms with Crippen molar-refractivity contribution in [2.75, 3.05) is 13.1 Å². The lowest BCUT2D eigenvalue weighted by atomic mass is 10.0. The largest absolute Gasteiger partial charge is 0.316 e. The fraction of sp³-hybridized carbons (Fsp3) is 0.500. The fourth-order valence-corrected chi connectivity index (χ4v) is 2.16. The number of aromatic nitrogens is 4. The summed E-state index contributed by atoms with van der Waals surface area (Å²) in [7, 11) is 0. The van der Waals surface area contributed by atoms with Crippen LogP contribution in [0, 0.1) is 6.92 Å². The Kier molecular flexibility index (Phi) is 1.92. The Morgan fingerprint density at radius 1 is 1.53 bits per heavy atom. The molecule has 0 aromatic carbocycles.